The summed E-state index contributed by atoms with van der Waals surface area (Å²) in [5, 5.41) is 1.04. The molecule has 0 bridgehead atoms. The molecule has 2 aromatic heterocycles. The van der Waals surface area contributed by atoms with E-state index in [2.05, 4.69) is 36.7 Å². The standard InChI is InChI=1S/C16H11BrClN5O2/c17-9-3-8(5-20-6-9)15(24)22-23-16(25)12-7-21-13-2-1-10(18)4-11(13)14(12)19/h1-7H,(H2,19,21)(H,22,24)(H,23,25). The van der Waals surface area contributed by atoms with Crippen molar-refractivity contribution in [3.05, 3.63) is 63.5 Å². The highest BCUT2D eigenvalue weighted by Gasteiger charge is 2.15. The van der Waals surface area contributed by atoms with Gasteiger partial charge in [0.25, 0.3) is 11.8 Å². The topological polar surface area (TPSA) is 110 Å². The molecule has 0 saturated carbocycles. The minimum atomic E-state index is -0.594. The van der Waals surface area contributed by atoms with Gasteiger partial charge in [0.1, 0.15) is 0 Å². The molecule has 0 aliphatic rings. The first-order valence-electron chi connectivity index (χ1n) is 7.00. The van der Waals surface area contributed by atoms with E-state index in [0.29, 0.717) is 20.4 Å². The van der Waals surface area contributed by atoms with E-state index in [1.54, 1.807) is 30.5 Å². The van der Waals surface area contributed by atoms with Crippen molar-refractivity contribution < 1.29 is 9.59 Å². The molecular formula is C16H11BrClN5O2. The van der Waals surface area contributed by atoms with Crippen LogP contribution in [-0.4, -0.2) is 21.8 Å². The molecule has 0 saturated heterocycles. The highest BCUT2D eigenvalue weighted by Crippen LogP contribution is 2.25. The quantitative estimate of drug-likeness (QED) is 0.552. The molecule has 0 atom stereocenters. The SMILES string of the molecule is Nc1c(C(=O)NNC(=O)c2cncc(Br)c2)cnc2ccc(Cl)cc12. The van der Waals surface area contributed by atoms with Gasteiger partial charge in [-0.2, -0.15) is 0 Å². The average molecular weight is 421 g/mol. The van der Waals surface area contributed by atoms with Crippen LogP contribution in [0.25, 0.3) is 10.9 Å². The summed E-state index contributed by atoms with van der Waals surface area (Å²) in [5.41, 5.74) is 11.9. The van der Waals surface area contributed by atoms with Crippen molar-refractivity contribution in [1.82, 2.24) is 20.8 Å². The fourth-order valence-electron chi connectivity index (χ4n) is 2.16. The molecule has 3 rings (SSSR count). The number of fused-ring (bicyclic) bond motifs is 1. The van der Waals surface area contributed by atoms with Crippen molar-refractivity contribution in [1.29, 1.82) is 0 Å². The summed E-state index contributed by atoms with van der Waals surface area (Å²) in [4.78, 5) is 32.4. The molecule has 0 unspecified atom stereocenters. The zero-order chi connectivity index (χ0) is 18.0. The third-order valence-corrected chi connectivity index (χ3v) is 4.04. The molecule has 9 heteroatoms. The number of amides is 2. The van der Waals surface area contributed by atoms with E-state index in [1.807, 2.05) is 0 Å². The molecule has 25 heavy (non-hydrogen) atoms. The fourth-order valence-corrected chi connectivity index (χ4v) is 2.69. The Bertz CT molecular complexity index is 995. The third-order valence-electron chi connectivity index (χ3n) is 3.37. The molecular weight excluding hydrogens is 410 g/mol. The van der Waals surface area contributed by atoms with Crippen LogP contribution < -0.4 is 16.6 Å². The molecule has 0 aliphatic heterocycles. The summed E-state index contributed by atoms with van der Waals surface area (Å²) in [5.74, 6) is -1.11. The number of nitrogens with zero attached hydrogens (tertiary/aromatic N) is 2. The Balaban J connectivity index is 1.78. The number of hydrogen-bond acceptors (Lipinski definition) is 5. The third kappa shape index (κ3) is 3.70. The number of carbonyl (C=O) groups is 2. The van der Waals surface area contributed by atoms with Gasteiger partial charge >= 0.3 is 0 Å². The summed E-state index contributed by atoms with van der Waals surface area (Å²) in [7, 11) is 0. The van der Waals surface area contributed by atoms with Crippen LogP contribution in [0.5, 0.6) is 0 Å². The van der Waals surface area contributed by atoms with Gasteiger partial charge in [-0.1, -0.05) is 11.6 Å². The van der Waals surface area contributed by atoms with Crippen LogP contribution in [0.4, 0.5) is 5.69 Å². The maximum Gasteiger partial charge on any atom is 0.273 e. The number of carbonyl (C=O) groups excluding carboxylic acids is 2. The van der Waals surface area contributed by atoms with Crippen molar-refractivity contribution >= 4 is 55.9 Å². The largest absolute Gasteiger partial charge is 0.397 e. The molecule has 1 aromatic carbocycles. The number of aromatic nitrogens is 2. The molecule has 3 aromatic rings. The van der Waals surface area contributed by atoms with Gasteiger partial charge in [-0.15, -0.1) is 0 Å². The minimum Gasteiger partial charge on any atom is -0.397 e. The Morgan fingerprint density at radius 2 is 1.84 bits per heavy atom. The summed E-state index contributed by atoms with van der Waals surface area (Å²) >= 11 is 9.18. The lowest BCUT2D eigenvalue weighted by atomic mass is 10.1. The second-order valence-corrected chi connectivity index (χ2v) is 6.40. The number of halogens is 2. The van der Waals surface area contributed by atoms with E-state index in [9.17, 15) is 9.59 Å². The van der Waals surface area contributed by atoms with Gasteiger partial charge in [0, 0.05) is 33.5 Å². The van der Waals surface area contributed by atoms with Gasteiger partial charge in [-0.3, -0.25) is 30.4 Å². The zero-order valence-corrected chi connectivity index (χ0v) is 14.9. The predicted octanol–water partition coefficient (Wildman–Crippen LogP) is 2.70. The molecule has 0 aliphatic carbocycles. The highest BCUT2D eigenvalue weighted by atomic mass is 79.9. The monoisotopic (exact) mass is 419 g/mol. The average Bonchev–Trinajstić information content (AvgIpc) is 2.60. The number of hydrazine groups is 1. The van der Waals surface area contributed by atoms with E-state index < -0.39 is 11.8 Å². The summed E-state index contributed by atoms with van der Waals surface area (Å²) in [6, 6.07) is 6.59. The first kappa shape index (κ1) is 17.1. The van der Waals surface area contributed by atoms with Gasteiger partial charge in [-0.05, 0) is 40.2 Å². The molecule has 7 nitrogen and oxygen atoms in total. The van der Waals surface area contributed by atoms with E-state index in [1.165, 1.54) is 12.4 Å². The molecule has 0 fully saturated rings. The first-order chi connectivity index (χ1) is 12.0. The Hall–Kier alpha value is -2.71. The Morgan fingerprint density at radius 3 is 2.60 bits per heavy atom. The fraction of sp³-hybridized carbons (Fsp3) is 0. The molecule has 4 N–H and O–H groups in total. The lowest BCUT2D eigenvalue weighted by Gasteiger charge is -2.10. The normalized spacial score (nSPS) is 10.5. The smallest absolute Gasteiger partial charge is 0.273 e. The van der Waals surface area contributed by atoms with Crippen molar-refractivity contribution in [3.63, 3.8) is 0 Å². The van der Waals surface area contributed by atoms with Gasteiger partial charge in [0.2, 0.25) is 0 Å². The summed E-state index contributed by atoms with van der Waals surface area (Å²) < 4.78 is 0.645. The number of hydrogen-bond donors (Lipinski definition) is 3. The van der Waals surface area contributed by atoms with Crippen molar-refractivity contribution in [2.24, 2.45) is 0 Å². The predicted molar refractivity (Wildman–Crippen MR) is 98.0 cm³/mol. The minimum absolute atomic E-state index is 0.127. The van der Waals surface area contributed by atoms with Crippen molar-refractivity contribution in [2.45, 2.75) is 0 Å². The van der Waals surface area contributed by atoms with Crippen LogP contribution in [0.1, 0.15) is 20.7 Å². The number of nitrogens with two attached hydrogens (primary N) is 1. The first-order valence-corrected chi connectivity index (χ1v) is 8.18. The van der Waals surface area contributed by atoms with E-state index in [-0.39, 0.29) is 16.8 Å². The van der Waals surface area contributed by atoms with Gasteiger partial charge in [-0.25, -0.2) is 0 Å². The number of pyridine rings is 2. The van der Waals surface area contributed by atoms with E-state index in [0.717, 1.165) is 0 Å². The van der Waals surface area contributed by atoms with Crippen LogP contribution in [0, 0.1) is 0 Å². The molecule has 0 radical (unpaired) electrons. The maximum absolute atomic E-state index is 12.3. The second-order valence-electron chi connectivity index (χ2n) is 5.05. The Kier molecular flexibility index (Phi) is 4.82. The number of nitrogens with one attached hydrogen (secondary N) is 2. The lowest BCUT2D eigenvalue weighted by Crippen LogP contribution is -2.42. The number of rotatable bonds is 2. The second kappa shape index (κ2) is 7.04. The number of anilines is 1. The Labute approximate surface area is 155 Å². The summed E-state index contributed by atoms with van der Waals surface area (Å²) in [6.07, 6.45) is 4.26. The maximum atomic E-state index is 12.3. The van der Waals surface area contributed by atoms with Gasteiger partial charge in [0.05, 0.1) is 22.3 Å². The van der Waals surface area contributed by atoms with Crippen LogP contribution in [0.3, 0.4) is 0 Å². The van der Waals surface area contributed by atoms with Crippen LogP contribution in [0.2, 0.25) is 5.02 Å². The van der Waals surface area contributed by atoms with Crippen LogP contribution in [0.15, 0.2) is 47.3 Å². The van der Waals surface area contributed by atoms with Crippen molar-refractivity contribution in [3.8, 4) is 0 Å². The van der Waals surface area contributed by atoms with Crippen LogP contribution in [-0.2, 0) is 0 Å². The molecule has 2 amide bonds. The zero-order valence-electron chi connectivity index (χ0n) is 12.6. The summed E-state index contributed by atoms with van der Waals surface area (Å²) in [6.45, 7) is 0. The van der Waals surface area contributed by atoms with E-state index >= 15 is 0 Å². The van der Waals surface area contributed by atoms with E-state index in [4.69, 9.17) is 17.3 Å². The number of nitrogen functional groups attached to an aromatic ring is 1. The molecule has 0 spiro atoms. The van der Waals surface area contributed by atoms with Gasteiger partial charge in [0.15, 0.2) is 0 Å². The lowest BCUT2D eigenvalue weighted by molar-refractivity contribution is 0.0846. The van der Waals surface area contributed by atoms with Crippen LogP contribution >= 0.6 is 27.5 Å². The molecule has 2 heterocycles. The highest BCUT2D eigenvalue weighted by molar-refractivity contribution is 9.10. The van der Waals surface area contributed by atoms with Gasteiger partial charge < -0.3 is 5.73 Å². The van der Waals surface area contributed by atoms with Crippen molar-refractivity contribution in [2.75, 3.05) is 5.73 Å². The Morgan fingerprint density at radius 1 is 1.08 bits per heavy atom. The number of benzene rings is 1. The molecule has 126 valence electrons.